The topological polar surface area (TPSA) is 38.5 Å². The third-order valence-corrected chi connectivity index (χ3v) is 7.31. The molecule has 4 atom stereocenters. The molecule has 3 nitrogen and oxygen atoms in total. The van der Waals surface area contributed by atoms with Crippen LogP contribution >= 0.6 is 31.9 Å². The molecular weight excluding hydrogens is 456 g/mol. The van der Waals surface area contributed by atoms with E-state index in [0.717, 1.165) is 36.2 Å². The van der Waals surface area contributed by atoms with Gasteiger partial charge in [0, 0.05) is 22.4 Å². The van der Waals surface area contributed by atoms with E-state index in [0.29, 0.717) is 23.3 Å². The summed E-state index contributed by atoms with van der Waals surface area (Å²) in [6.07, 6.45) is 2.17. The van der Waals surface area contributed by atoms with E-state index in [9.17, 15) is 0 Å². The maximum absolute atomic E-state index is 6.54. The Labute approximate surface area is 172 Å². The molecule has 0 amide bonds. The van der Waals surface area contributed by atoms with E-state index in [-0.39, 0.29) is 6.10 Å². The van der Waals surface area contributed by atoms with Crippen LogP contribution in [0.4, 0.5) is 0 Å². The second kappa shape index (κ2) is 8.01. The summed E-state index contributed by atoms with van der Waals surface area (Å²) in [5.74, 6) is 1.64. The number of nitrogens with two attached hydrogens (primary N) is 1. The number of halogens is 2. The smallest absolute Gasteiger partial charge is 0.123 e. The van der Waals surface area contributed by atoms with Gasteiger partial charge >= 0.3 is 0 Å². The quantitative estimate of drug-likeness (QED) is 0.625. The Kier molecular flexibility index (Phi) is 5.69. The average molecular weight is 480 g/mol. The van der Waals surface area contributed by atoms with Gasteiger partial charge in [-0.2, -0.15) is 0 Å². The number of rotatable bonds is 6. The Morgan fingerprint density at radius 3 is 2.69 bits per heavy atom. The summed E-state index contributed by atoms with van der Waals surface area (Å²) < 4.78 is 7.61. The molecule has 1 heterocycles. The second-order valence-corrected chi connectivity index (χ2v) is 9.27. The molecule has 1 aliphatic carbocycles. The lowest BCUT2D eigenvalue weighted by atomic mass is 10.1. The van der Waals surface area contributed by atoms with Crippen LogP contribution in [0.15, 0.2) is 53.0 Å². The SMILES string of the molecule is NCCc1cc(Br)ccc1OC1C[C@@H]2CN(Cc3ccccc3)[C@H]1C2Br. The number of fused-ring (bicyclic) bond motifs is 2. The van der Waals surface area contributed by atoms with Gasteiger partial charge < -0.3 is 10.5 Å². The van der Waals surface area contributed by atoms with Gasteiger partial charge in [-0.3, -0.25) is 4.90 Å². The molecule has 2 fully saturated rings. The van der Waals surface area contributed by atoms with Crippen LogP contribution in [-0.2, 0) is 13.0 Å². The Morgan fingerprint density at radius 1 is 1.15 bits per heavy atom. The molecule has 1 aliphatic heterocycles. The summed E-state index contributed by atoms with van der Waals surface area (Å²) in [5, 5.41) is 0. The first-order valence-electron chi connectivity index (χ1n) is 9.23. The van der Waals surface area contributed by atoms with Gasteiger partial charge in [0.15, 0.2) is 0 Å². The summed E-state index contributed by atoms with van der Waals surface area (Å²) in [6.45, 7) is 2.76. The maximum atomic E-state index is 6.54. The summed E-state index contributed by atoms with van der Waals surface area (Å²) >= 11 is 7.51. The van der Waals surface area contributed by atoms with Crippen molar-refractivity contribution in [1.82, 2.24) is 4.90 Å². The van der Waals surface area contributed by atoms with Gasteiger partial charge in [-0.05, 0) is 54.6 Å². The van der Waals surface area contributed by atoms with Crippen LogP contribution in [0, 0.1) is 5.92 Å². The van der Waals surface area contributed by atoms with E-state index in [1.54, 1.807) is 0 Å². The first kappa shape index (κ1) is 18.5. The molecule has 2 aromatic carbocycles. The molecule has 2 aliphatic rings. The van der Waals surface area contributed by atoms with Crippen LogP contribution in [0.3, 0.4) is 0 Å². The molecule has 2 bridgehead atoms. The lowest BCUT2D eigenvalue weighted by Crippen LogP contribution is -2.44. The summed E-state index contributed by atoms with van der Waals surface area (Å²) in [5.41, 5.74) is 8.34. The number of piperidine rings is 1. The fourth-order valence-corrected chi connectivity index (χ4v) is 5.84. The fraction of sp³-hybridized carbons (Fsp3) is 0.429. The van der Waals surface area contributed by atoms with Crippen molar-refractivity contribution < 1.29 is 4.74 Å². The Balaban J connectivity index is 1.51. The van der Waals surface area contributed by atoms with Crippen molar-refractivity contribution in [3.8, 4) is 5.75 Å². The summed E-state index contributed by atoms with van der Waals surface area (Å²) in [4.78, 5) is 3.08. The van der Waals surface area contributed by atoms with Crippen LogP contribution in [0.5, 0.6) is 5.75 Å². The van der Waals surface area contributed by atoms with Gasteiger partial charge in [-0.15, -0.1) is 0 Å². The number of benzene rings is 2. The molecule has 26 heavy (non-hydrogen) atoms. The first-order chi connectivity index (χ1) is 12.7. The normalized spacial score (nSPS) is 27.8. The van der Waals surface area contributed by atoms with E-state index < -0.39 is 0 Å². The molecule has 0 aromatic heterocycles. The highest BCUT2D eigenvalue weighted by Crippen LogP contribution is 2.45. The van der Waals surface area contributed by atoms with Crippen LogP contribution in [0.2, 0.25) is 0 Å². The first-order valence-corrected chi connectivity index (χ1v) is 10.9. The highest BCUT2D eigenvalue weighted by molar-refractivity contribution is 9.10. The highest BCUT2D eigenvalue weighted by atomic mass is 79.9. The lowest BCUT2D eigenvalue weighted by molar-refractivity contribution is 0.0701. The number of hydrogen-bond acceptors (Lipinski definition) is 3. The molecule has 1 saturated carbocycles. The van der Waals surface area contributed by atoms with Gasteiger partial charge in [0.05, 0.1) is 6.04 Å². The zero-order chi connectivity index (χ0) is 18.1. The predicted molar refractivity (Wildman–Crippen MR) is 113 cm³/mol. The van der Waals surface area contributed by atoms with Crippen molar-refractivity contribution in [2.75, 3.05) is 13.1 Å². The third-order valence-electron chi connectivity index (χ3n) is 5.53. The van der Waals surface area contributed by atoms with Gasteiger partial charge in [0.1, 0.15) is 11.9 Å². The number of nitrogens with zero attached hydrogens (tertiary/aromatic N) is 1. The van der Waals surface area contributed by atoms with Crippen LogP contribution in [0.1, 0.15) is 17.5 Å². The highest BCUT2D eigenvalue weighted by Gasteiger charge is 2.52. The Hall–Kier alpha value is -0.880. The van der Waals surface area contributed by atoms with Crippen LogP contribution in [-0.4, -0.2) is 35.0 Å². The molecule has 2 unspecified atom stereocenters. The van der Waals surface area contributed by atoms with Gasteiger partial charge in [0.2, 0.25) is 0 Å². The predicted octanol–water partition coefficient (Wildman–Crippen LogP) is 4.37. The Morgan fingerprint density at radius 2 is 1.96 bits per heavy atom. The molecule has 1 saturated heterocycles. The average Bonchev–Trinajstić information content (AvgIpc) is 3.09. The standard InChI is InChI=1S/C21H24Br2N2O/c22-17-6-7-18(15(10-17)8-9-24)26-19-11-16-13-25(21(19)20(16)23)12-14-4-2-1-3-5-14/h1-7,10,16,19-21H,8-9,11-13,24H2/t16-,19?,20?,21-/m1/s1. The minimum absolute atomic E-state index is 0.222. The van der Waals surface area contributed by atoms with Crippen molar-refractivity contribution in [2.45, 2.75) is 36.4 Å². The second-order valence-electron chi connectivity index (χ2n) is 7.29. The fourth-order valence-electron chi connectivity index (χ4n) is 4.37. The van der Waals surface area contributed by atoms with Crippen molar-refractivity contribution in [1.29, 1.82) is 0 Å². The van der Waals surface area contributed by atoms with Crippen LogP contribution < -0.4 is 10.5 Å². The van der Waals surface area contributed by atoms with Gasteiger partial charge in [-0.1, -0.05) is 62.2 Å². The van der Waals surface area contributed by atoms with E-state index >= 15 is 0 Å². The zero-order valence-corrected chi connectivity index (χ0v) is 17.8. The number of hydrogen-bond donors (Lipinski definition) is 1. The van der Waals surface area contributed by atoms with Crippen molar-refractivity contribution in [2.24, 2.45) is 11.7 Å². The van der Waals surface area contributed by atoms with E-state index in [1.807, 2.05) is 0 Å². The molecule has 0 spiro atoms. The number of ether oxygens (including phenoxy) is 1. The molecule has 2 N–H and O–H groups in total. The molecule has 138 valence electrons. The minimum Gasteiger partial charge on any atom is -0.488 e. The van der Waals surface area contributed by atoms with E-state index in [4.69, 9.17) is 10.5 Å². The van der Waals surface area contributed by atoms with E-state index in [1.165, 1.54) is 11.1 Å². The summed E-state index contributed by atoms with van der Waals surface area (Å²) in [6, 6.07) is 17.4. The van der Waals surface area contributed by atoms with Crippen LogP contribution in [0.25, 0.3) is 0 Å². The molecule has 0 radical (unpaired) electrons. The molecule has 2 aromatic rings. The molecular formula is C21H24Br2N2O. The minimum atomic E-state index is 0.222. The summed E-state index contributed by atoms with van der Waals surface area (Å²) in [7, 11) is 0. The molecule has 5 heteroatoms. The van der Waals surface area contributed by atoms with Crippen molar-refractivity contribution in [3.05, 3.63) is 64.1 Å². The number of alkyl halides is 1. The number of likely N-dealkylation sites (tertiary alicyclic amines) is 1. The monoisotopic (exact) mass is 478 g/mol. The van der Waals surface area contributed by atoms with Crippen molar-refractivity contribution >= 4 is 31.9 Å². The zero-order valence-electron chi connectivity index (χ0n) is 14.7. The maximum Gasteiger partial charge on any atom is 0.123 e. The third kappa shape index (κ3) is 3.72. The lowest BCUT2D eigenvalue weighted by Gasteiger charge is -2.34. The van der Waals surface area contributed by atoms with E-state index in [2.05, 4.69) is 85.3 Å². The largest absolute Gasteiger partial charge is 0.488 e. The van der Waals surface area contributed by atoms with Crippen molar-refractivity contribution in [3.63, 3.8) is 0 Å². The van der Waals surface area contributed by atoms with Gasteiger partial charge in [0.25, 0.3) is 0 Å². The van der Waals surface area contributed by atoms with Gasteiger partial charge in [-0.25, -0.2) is 0 Å². The molecule has 4 rings (SSSR count). The Bertz CT molecular complexity index is 755.